The lowest BCUT2D eigenvalue weighted by Gasteiger charge is -2.33. The Bertz CT molecular complexity index is 719. The summed E-state index contributed by atoms with van der Waals surface area (Å²) in [6, 6.07) is 4.70. The number of aryl methyl sites for hydroxylation is 2. The smallest absolute Gasteiger partial charge is 0.226 e. The van der Waals surface area contributed by atoms with Crippen molar-refractivity contribution in [1.29, 1.82) is 0 Å². The van der Waals surface area contributed by atoms with Crippen molar-refractivity contribution in [3.8, 4) is 0 Å². The first-order valence-corrected chi connectivity index (χ1v) is 9.29. The highest BCUT2D eigenvalue weighted by Gasteiger charge is 2.47. The standard InChI is InChI=1S/C18H23N3OS/c1-12-9-19-21(10-12)14-4-3-7-20(11-14)18(22)16-8-15(16)17-6-5-13(2)23-17/h5-6,9-10,14-16H,3-4,7-8,11H2,1-2H3/t14-,15+,16+/m1/s1. The van der Waals surface area contributed by atoms with E-state index >= 15 is 0 Å². The molecule has 3 heterocycles. The zero-order valence-electron chi connectivity index (χ0n) is 13.7. The van der Waals surface area contributed by atoms with E-state index in [1.54, 1.807) is 0 Å². The molecule has 0 spiro atoms. The van der Waals surface area contributed by atoms with Crippen molar-refractivity contribution in [3.63, 3.8) is 0 Å². The minimum Gasteiger partial charge on any atom is -0.340 e. The predicted molar refractivity (Wildman–Crippen MR) is 91.7 cm³/mol. The molecule has 4 rings (SSSR count). The Balaban J connectivity index is 1.41. The van der Waals surface area contributed by atoms with Crippen LogP contribution in [0, 0.1) is 19.8 Å². The fraction of sp³-hybridized carbons (Fsp3) is 0.556. The monoisotopic (exact) mass is 329 g/mol. The van der Waals surface area contributed by atoms with Crippen molar-refractivity contribution in [3.05, 3.63) is 39.8 Å². The molecule has 1 aliphatic carbocycles. The number of aromatic nitrogens is 2. The van der Waals surface area contributed by atoms with Crippen molar-refractivity contribution in [2.24, 2.45) is 5.92 Å². The van der Waals surface area contributed by atoms with E-state index in [1.165, 1.54) is 15.3 Å². The lowest BCUT2D eigenvalue weighted by molar-refractivity contribution is -0.134. The fourth-order valence-electron chi connectivity index (χ4n) is 3.67. The number of hydrogen-bond acceptors (Lipinski definition) is 3. The molecule has 5 heteroatoms. The van der Waals surface area contributed by atoms with Gasteiger partial charge in [-0.05, 0) is 50.8 Å². The molecule has 122 valence electrons. The number of hydrogen-bond donors (Lipinski definition) is 0. The van der Waals surface area contributed by atoms with Gasteiger partial charge in [-0.3, -0.25) is 9.48 Å². The van der Waals surface area contributed by atoms with E-state index in [-0.39, 0.29) is 5.92 Å². The third-order valence-corrected chi connectivity index (χ3v) is 6.18. The summed E-state index contributed by atoms with van der Waals surface area (Å²) < 4.78 is 2.04. The van der Waals surface area contributed by atoms with Crippen LogP contribution in [0.15, 0.2) is 24.5 Å². The number of carbonyl (C=O) groups is 1. The van der Waals surface area contributed by atoms with Crippen molar-refractivity contribution in [2.75, 3.05) is 13.1 Å². The molecule has 2 aromatic rings. The summed E-state index contributed by atoms with van der Waals surface area (Å²) in [6.45, 7) is 5.91. The van der Waals surface area contributed by atoms with Gasteiger partial charge in [0.25, 0.3) is 0 Å². The van der Waals surface area contributed by atoms with Crippen LogP contribution in [0.3, 0.4) is 0 Å². The number of carbonyl (C=O) groups excluding carboxylic acids is 1. The second-order valence-electron chi connectivity index (χ2n) is 6.98. The van der Waals surface area contributed by atoms with Gasteiger partial charge in [0.05, 0.1) is 12.2 Å². The molecule has 0 N–H and O–H groups in total. The molecule has 2 fully saturated rings. The van der Waals surface area contributed by atoms with Crippen LogP contribution in [-0.2, 0) is 4.79 Å². The Hall–Kier alpha value is -1.62. The second kappa shape index (κ2) is 5.78. The Labute approximate surface area is 141 Å². The third-order valence-electron chi connectivity index (χ3n) is 5.05. The average Bonchev–Trinajstić information content (AvgIpc) is 3.04. The van der Waals surface area contributed by atoms with Crippen LogP contribution in [0.25, 0.3) is 0 Å². The van der Waals surface area contributed by atoms with Gasteiger partial charge < -0.3 is 4.90 Å². The maximum absolute atomic E-state index is 12.8. The topological polar surface area (TPSA) is 38.1 Å². The lowest BCUT2D eigenvalue weighted by atomic mass is 10.0. The SMILES string of the molecule is Cc1cnn([C@@H]2CCCN(C(=O)[C@H]3C[C@@H]3c3ccc(C)s3)C2)c1. The van der Waals surface area contributed by atoms with Gasteiger partial charge in [0.1, 0.15) is 0 Å². The van der Waals surface area contributed by atoms with Crippen LogP contribution in [0.1, 0.15) is 46.5 Å². The highest BCUT2D eigenvalue weighted by Crippen LogP contribution is 2.50. The molecule has 2 aliphatic rings. The second-order valence-corrected chi connectivity index (χ2v) is 8.29. The Kier molecular flexibility index (Phi) is 3.76. The van der Waals surface area contributed by atoms with E-state index in [4.69, 9.17) is 0 Å². The Morgan fingerprint density at radius 1 is 1.35 bits per heavy atom. The van der Waals surface area contributed by atoms with Crippen molar-refractivity contribution in [2.45, 2.75) is 45.1 Å². The van der Waals surface area contributed by atoms with Gasteiger partial charge in [-0.25, -0.2) is 0 Å². The van der Waals surface area contributed by atoms with E-state index < -0.39 is 0 Å². The molecule has 1 amide bonds. The van der Waals surface area contributed by atoms with E-state index in [0.717, 1.165) is 32.4 Å². The first kappa shape index (κ1) is 14.9. The molecule has 3 atom stereocenters. The van der Waals surface area contributed by atoms with E-state index in [2.05, 4.69) is 42.2 Å². The third kappa shape index (κ3) is 2.94. The molecule has 0 unspecified atom stereocenters. The van der Waals surface area contributed by atoms with Gasteiger partial charge in [-0.2, -0.15) is 5.10 Å². The maximum atomic E-state index is 12.8. The maximum Gasteiger partial charge on any atom is 0.226 e. The van der Waals surface area contributed by atoms with Crippen LogP contribution in [-0.4, -0.2) is 33.7 Å². The molecule has 2 aromatic heterocycles. The number of thiophene rings is 1. The van der Waals surface area contributed by atoms with Crippen molar-refractivity contribution >= 4 is 17.2 Å². The summed E-state index contributed by atoms with van der Waals surface area (Å²) in [5.41, 5.74) is 1.18. The highest BCUT2D eigenvalue weighted by atomic mass is 32.1. The molecule has 0 radical (unpaired) electrons. The molecule has 1 aliphatic heterocycles. The Morgan fingerprint density at radius 3 is 2.91 bits per heavy atom. The van der Waals surface area contributed by atoms with Crippen LogP contribution in [0.2, 0.25) is 0 Å². The van der Waals surface area contributed by atoms with Crippen LogP contribution < -0.4 is 0 Å². The zero-order valence-corrected chi connectivity index (χ0v) is 14.6. The summed E-state index contributed by atoms with van der Waals surface area (Å²) >= 11 is 1.84. The van der Waals surface area contributed by atoms with Gasteiger partial charge >= 0.3 is 0 Å². The summed E-state index contributed by atoms with van der Waals surface area (Å²) in [5, 5.41) is 4.44. The van der Waals surface area contributed by atoms with Crippen molar-refractivity contribution < 1.29 is 4.79 Å². The minimum atomic E-state index is 0.214. The lowest BCUT2D eigenvalue weighted by Crippen LogP contribution is -2.41. The number of rotatable bonds is 3. The van der Waals surface area contributed by atoms with Gasteiger partial charge in [0.15, 0.2) is 0 Å². The fourth-order valence-corrected chi connectivity index (χ4v) is 4.73. The summed E-state index contributed by atoms with van der Waals surface area (Å²) in [4.78, 5) is 17.6. The molecule has 4 nitrogen and oxygen atoms in total. The van der Waals surface area contributed by atoms with Gasteiger partial charge in [0.2, 0.25) is 5.91 Å². The molecular formula is C18H23N3OS. The minimum absolute atomic E-state index is 0.214. The van der Waals surface area contributed by atoms with Gasteiger partial charge in [0, 0.05) is 40.9 Å². The summed E-state index contributed by atoms with van der Waals surface area (Å²) in [7, 11) is 0. The zero-order chi connectivity index (χ0) is 16.0. The van der Waals surface area contributed by atoms with E-state index in [9.17, 15) is 4.79 Å². The quantitative estimate of drug-likeness (QED) is 0.864. The number of nitrogens with zero attached hydrogens (tertiary/aromatic N) is 3. The summed E-state index contributed by atoms with van der Waals surface area (Å²) in [5.74, 6) is 1.04. The molecule has 0 bridgehead atoms. The largest absolute Gasteiger partial charge is 0.340 e. The first-order chi connectivity index (χ1) is 11.1. The first-order valence-electron chi connectivity index (χ1n) is 8.47. The van der Waals surface area contributed by atoms with Crippen LogP contribution >= 0.6 is 11.3 Å². The highest BCUT2D eigenvalue weighted by molar-refractivity contribution is 7.12. The summed E-state index contributed by atoms with van der Waals surface area (Å²) in [6.07, 6.45) is 7.21. The number of amides is 1. The molecular weight excluding hydrogens is 306 g/mol. The van der Waals surface area contributed by atoms with Gasteiger partial charge in [-0.1, -0.05) is 0 Å². The molecule has 23 heavy (non-hydrogen) atoms. The number of piperidine rings is 1. The van der Waals surface area contributed by atoms with E-state index in [0.29, 0.717) is 17.9 Å². The molecule has 1 saturated carbocycles. The van der Waals surface area contributed by atoms with Gasteiger partial charge in [-0.15, -0.1) is 11.3 Å². The average molecular weight is 329 g/mol. The number of likely N-dealkylation sites (tertiary alicyclic amines) is 1. The molecule has 0 aromatic carbocycles. The van der Waals surface area contributed by atoms with E-state index in [1.807, 2.05) is 22.2 Å². The Morgan fingerprint density at radius 2 is 2.22 bits per heavy atom. The van der Waals surface area contributed by atoms with Crippen LogP contribution in [0.4, 0.5) is 0 Å². The van der Waals surface area contributed by atoms with Crippen LogP contribution in [0.5, 0.6) is 0 Å². The molecule has 1 saturated heterocycles. The predicted octanol–water partition coefficient (Wildman–Crippen LogP) is 3.53. The van der Waals surface area contributed by atoms with Crippen molar-refractivity contribution in [1.82, 2.24) is 14.7 Å². The normalized spacial score (nSPS) is 27.2.